The van der Waals surface area contributed by atoms with Crippen molar-refractivity contribution in [3.63, 3.8) is 0 Å². The molecule has 2 aromatic rings. The molecule has 3 heterocycles. The van der Waals surface area contributed by atoms with Crippen molar-refractivity contribution in [3.05, 3.63) is 35.4 Å². The molecular formula is C24H35N5O4. The number of carbonyl (C=O) groups is 1. The maximum atomic E-state index is 12.7. The summed E-state index contributed by atoms with van der Waals surface area (Å²) in [5, 5.41) is 12.0. The highest BCUT2D eigenvalue weighted by molar-refractivity contribution is 5.79. The van der Waals surface area contributed by atoms with E-state index in [0.717, 1.165) is 68.6 Å². The quantitative estimate of drug-likeness (QED) is 0.651. The first-order chi connectivity index (χ1) is 16.1. The molecule has 9 heteroatoms. The average molecular weight is 458 g/mol. The molecule has 1 N–H and O–H groups in total. The monoisotopic (exact) mass is 457 g/mol. The second-order valence-corrected chi connectivity index (χ2v) is 8.69. The van der Waals surface area contributed by atoms with Crippen molar-refractivity contribution in [2.45, 2.75) is 52.2 Å². The molecule has 1 fully saturated rings. The van der Waals surface area contributed by atoms with Gasteiger partial charge in [0.15, 0.2) is 17.3 Å². The highest BCUT2D eigenvalue weighted by atomic mass is 16.5. The van der Waals surface area contributed by atoms with Crippen molar-refractivity contribution < 1.29 is 19.0 Å². The first kappa shape index (κ1) is 23.5. The van der Waals surface area contributed by atoms with Crippen molar-refractivity contribution in [3.8, 4) is 11.5 Å². The first-order valence-electron chi connectivity index (χ1n) is 11.9. The Labute approximate surface area is 195 Å². The molecule has 9 nitrogen and oxygen atoms in total. The van der Waals surface area contributed by atoms with Crippen LogP contribution in [0.4, 0.5) is 0 Å². The molecule has 2 aliphatic heterocycles. The van der Waals surface area contributed by atoms with E-state index in [-0.39, 0.29) is 17.9 Å². The van der Waals surface area contributed by atoms with E-state index in [4.69, 9.17) is 14.2 Å². The number of fused-ring (bicyclic) bond motifs is 1. The van der Waals surface area contributed by atoms with E-state index >= 15 is 0 Å². The summed E-state index contributed by atoms with van der Waals surface area (Å²) in [6.45, 7) is 9.28. The van der Waals surface area contributed by atoms with Gasteiger partial charge in [0.25, 0.3) is 0 Å². The maximum absolute atomic E-state index is 12.7. The molecule has 1 saturated heterocycles. The number of nitrogens with one attached hydrogen (secondary N) is 1. The first-order valence-corrected chi connectivity index (χ1v) is 11.9. The number of carbonyl (C=O) groups excluding carboxylic acids is 1. The van der Waals surface area contributed by atoms with Gasteiger partial charge in [-0.25, -0.2) is 0 Å². The van der Waals surface area contributed by atoms with Gasteiger partial charge in [-0.05, 0) is 44.4 Å². The highest BCUT2D eigenvalue weighted by Gasteiger charge is 2.26. The van der Waals surface area contributed by atoms with E-state index in [9.17, 15) is 4.79 Å². The smallest absolute Gasteiger partial charge is 0.223 e. The van der Waals surface area contributed by atoms with Crippen molar-refractivity contribution >= 4 is 5.91 Å². The summed E-state index contributed by atoms with van der Waals surface area (Å²) in [5.74, 6) is 3.45. The predicted molar refractivity (Wildman–Crippen MR) is 123 cm³/mol. The van der Waals surface area contributed by atoms with Crippen LogP contribution in [-0.4, -0.2) is 65.6 Å². The summed E-state index contributed by atoms with van der Waals surface area (Å²) in [4.78, 5) is 15.1. The number of aromatic nitrogens is 3. The molecule has 1 amide bonds. The van der Waals surface area contributed by atoms with Crippen molar-refractivity contribution in [2.24, 2.45) is 5.92 Å². The van der Waals surface area contributed by atoms with Gasteiger partial charge in [0.1, 0.15) is 5.82 Å². The molecule has 1 aromatic heterocycles. The van der Waals surface area contributed by atoms with Crippen LogP contribution >= 0.6 is 0 Å². The van der Waals surface area contributed by atoms with Gasteiger partial charge in [-0.1, -0.05) is 6.07 Å². The zero-order valence-electron chi connectivity index (χ0n) is 19.9. The van der Waals surface area contributed by atoms with Gasteiger partial charge in [0.05, 0.1) is 19.8 Å². The minimum Gasteiger partial charge on any atom is -0.493 e. The molecule has 1 atom stereocenters. The molecule has 0 spiro atoms. The number of hydrogen-bond acceptors (Lipinski definition) is 7. The second kappa shape index (κ2) is 11.0. The molecule has 4 rings (SSSR count). The summed E-state index contributed by atoms with van der Waals surface area (Å²) in [6, 6.07) is 5.94. The van der Waals surface area contributed by atoms with Crippen LogP contribution in [0, 0.1) is 5.92 Å². The Balaban J connectivity index is 1.38. The number of nitrogens with zero attached hydrogens (tertiary/aromatic N) is 4. The lowest BCUT2D eigenvalue weighted by Crippen LogP contribution is -2.36. The number of benzene rings is 1. The van der Waals surface area contributed by atoms with Gasteiger partial charge < -0.3 is 24.1 Å². The molecule has 33 heavy (non-hydrogen) atoms. The lowest BCUT2D eigenvalue weighted by Gasteiger charge is -2.23. The third-order valence-corrected chi connectivity index (χ3v) is 6.42. The van der Waals surface area contributed by atoms with Crippen LogP contribution in [0.2, 0.25) is 0 Å². The van der Waals surface area contributed by atoms with E-state index in [0.29, 0.717) is 19.8 Å². The molecule has 0 saturated carbocycles. The standard InChI is InChI=1S/C24H35N5O4/c1-4-33-21-15-18(5-6-20(21)31-3)16-28-10-7-22-26-27-23(29(22)12-11-28)17(2)25-24(30)19-8-13-32-14-9-19/h5-6,15,17,19H,4,7-14,16H2,1-3H3,(H,25,30)/t17-/m1/s1. The Morgan fingerprint density at radius 1 is 1.21 bits per heavy atom. The van der Waals surface area contributed by atoms with Gasteiger partial charge >= 0.3 is 0 Å². The van der Waals surface area contributed by atoms with Crippen LogP contribution in [0.15, 0.2) is 18.2 Å². The largest absolute Gasteiger partial charge is 0.493 e. The minimum atomic E-state index is -0.177. The molecule has 0 radical (unpaired) electrons. The zero-order chi connectivity index (χ0) is 23.2. The number of rotatable bonds is 8. The van der Waals surface area contributed by atoms with Crippen molar-refractivity contribution in [2.75, 3.05) is 40.0 Å². The van der Waals surface area contributed by atoms with Gasteiger partial charge in [-0.2, -0.15) is 0 Å². The van der Waals surface area contributed by atoms with Gasteiger partial charge in [-0.3, -0.25) is 9.69 Å². The molecule has 0 unspecified atom stereocenters. The lowest BCUT2D eigenvalue weighted by molar-refractivity contribution is -0.128. The van der Waals surface area contributed by atoms with Crippen LogP contribution < -0.4 is 14.8 Å². The van der Waals surface area contributed by atoms with Crippen LogP contribution in [-0.2, 0) is 29.0 Å². The molecule has 2 aliphatic rings. The number of amides is 1. The van der Waals surface area contributed by atoms with Gasteiger partial charge in [0.2, 0.25) is 5.91 Å². The molecule has 0 bridgehead atoms. The summed E-state index contributed by atoms with van der Waals surface area (Å²) in [5.41, 5.74) is 1.19. The van der Waals surface area contributed by atoms with E-state index in [2.05, 4.69) is 37.1 Å². The highest BCUT2D eigenvalue weighted by Crippen LogP contribution is 2.29. The Kier molecular flexibility index (Phi) is 7.82. The van der Waals surface area contributed by atoms with E-state index in [1.54, 1.807) is 7.11 Å². The lowest BCUT2D eigenvalue weighted by atomic mass is 9.99. The summed E-state index contributed by atoms with van der Waals surface area (Å²) in [7, 11) is 1.66. The summed E-state index contributed by atoms with van der Waals surface area (Å²) >= 11 is 0. The SMILES string of the molecule is CCOc1cc(CN2CCc3nnc([C@@H](C)NC(=O)C4CCOCC4)n3CC2)ccc1OC. The van der Waals surface area contributed by atoms with E-state index in [1.165, 1.54) is 5.56 Å². The van der Waals surface area contributed by atoms with Gasteiger partial charge in [-0.15, -0.1) is 10.2 Å². The van der Waals surface area contributed by atoms with Gasteiger partial charge in [0, 0.05) is 51.7 Å². The maximum Gasteiger partial charge on any atom is 0.223 e. The van der Waals surface area contributed by atoms with Crippen molar-refractivity contribution in [1.29, 1.82) is 0 Å². The van der Waals surface area contributed by atoms with Crippen LogP contribution in [0.5, 0.6) is 11.5 Å². The molecule has 1 aromatic carbocycles. The zero-order valence-corrected chi connectivity index (χ0v) is 19.9. The molecule has 180 valence electrons. The third-order valence-electron chi connectivity index (χ3n) is 6.42. The van der Waals surface area contributed by atoms with E-state index < -0.39 is 0 Å². The van der Waals surface area contributed by atoms with Crippen molar-refractivity contribution in [1.82, 2.24) is 25.0 Å². The summed E-state index contributed by atoms with van der Waals surface area (Å²) < 4.78 is 18.7. The Morgan fingerprint density at radius 3 is 2.79 bits per heavy atom. The second-order valence-electron chi connectivity index (χ2n) is 8.69. The normalized spacial score (nSPS) is 18.3. The molecular weight excluding hydrogens is 422 g/mol. The summed E-state index contributed by atoms with van der Waals surface area (Å²) in [6.07, 6.45) is 2.38. The predicted octanol–water partition coefficient (Wildman–Crippen LogP) is 2.35. The fourth-order valence-corrected chi connectivity index (χ4v) is 4.57. The van der Waals surface area contributed by atoms with Crippen LogP contribution in [0.1, 0.15) is 49.9 Å². The van der Waals surface area contributed by atoms with Crippen LogP contribution in [0.3, 0.4) is 0 Å². The Bertz CT molecular complexity index is 941. The number of hydrogen-bond donors (Lipinski definition) is 1. The van der Waals surface area contributed by atoms with Crippen LogP contribution in [0.25, 0.3) is 0 Å². The molecule has 0 aliphatic carbocycles. The number of ether oxygens (including phenoxy) is 3. The van der Waals surface area contributed by atoms with E-state index in [1.807, 2.05) is 19.9 Å². The fourth-order valence-electron chi connectivity index (χ4n) is 4.57. The fraction of sp³-hybridized carbons (Fsp3) is 0.625. The average Bonchev–Trinajstić information content (AvgIpc) is 3.14. The Hall–Kier alpha value is -2.65. The Morgan fingerprint density at radius 2 is 2.03 bits per heavy atom. The minimum absolute atomic E-state index is 0.0225. The topological polar surface area (TPSA) is 90.7 Å². The third kappa shape index (κ3) is 5.65. The number of methoxy groups -OCH3 is 1.